The largest absolute Gasteiger partial charge is 0.313 e. The second-order valence-corrected chi connectivity index (χ2v) is 5.95. The van der Waals surface area contributed by atoms with Crippen molar-refractivity contribution in [2.45, 2.75) is 52.0 Å². The molecule has 0 aromatic heterocycles. The number of hydrogen-bond acceptors (Lipinski definition) is 1. The number of halogens is 2. The van der Waals surface area contributed by atoms with Gasteiger partial charge in [0.1, 0.15) is 0 Å². The molecule has 0 saturated carbocycles. The molecule has 0 aliphatic rings. The van der Waals surface area contributed by atoms with Crippen molar-refractivity contribution >= 4 is 27.5 Å². The molecule has 0 amide bonds. The maximum Gasteiger partial charge on any atom is 0.0548 e. The molecule has 0 aliphatic carbocycles. The standard InChI is InChI=1S/C15H23BrClN/c1-2-3-4-5-6-7-10-18-12-13-8-9-15(17)14(16)11-13/h8-9,11,18H,2-7,10,12H2,1H3. The zero-order valence-corrected chi connectivity index (χ0v) is 13.5. The lowest BCUT2D eigenvalue weighted by Gasteiger charge is -2.06. The summed E-state index contributed by atoms with van der Waals surface area (Å²) in [5.41, 5.74) is 1.28. The van der Waals surface area contributed by atoms with Crippen molar-refractivity contribution in [3.8, 4) is 0 Å². The Bertz CT molecular complexity index is 341. The van der Waals surface area contributed by atoms with E-state index in [0.717, 1.165) is 22.6 Å². The van der Waals surface area contributed by atoms with Crippen molar-refractivity contribution < 1.29 is 0 Å². The maximum atomic E-state index is 5.96. The van der Waals surface area contributed by atoms with Crippen molar-refractivity contribution in [2.75, 3.05) is 6.54 Å². The lowest BCUT2D eigenvalue weighted by Crippen LogP contribution is -2.14. The molecule has 0 heterocycles. The van der Waals surface area contributed by atoms with Crippen LogP contribution in [0.15, 0.2) is 22.7 Å². The van der Waals surface area contributed by atoms with Crippen molar-refractivity contribution in [1.29, 1.82) is 0 Å². The van der Waals surface area contributed by atoms with Crippen molar-refractivity contribution in [1.82, 2.24) is 5.32 Å². The summed E-state index contributed by atoms with van der Waals surface area (Å²) in [6, 6.07) is 6.09. The van der Waals surface area contributed by atoms with Crippen LogP contribution in [0.2, 0.25) is 5.02 Å². The highest BCUT2D eigenvalue weighted by Crippen LogP contribution is 2.23. The van der Waals surface area contributed by atoms with Crippen LogP contribution in [0.5, 0.6) is 0 Å². The smallest absolute Gasteiger partial charge is 0.0548 e. The first-order valence-electron chi connectivity index (χ1n) is 6.88. The van der Waals surface area contributed by atoms with Gasteiger partial charge in [0, 0.05) is 11.0 Å². The van der Waals surface area contributed by atoms with Crippen molar-refractivity contribution in [3.63, 3.8) is 0 Å². The summed E-state index contributed by atoms with van der Waals surface area (Å²) in [5.74, 6) is 0. The highest BCUT2D eigenvalue weighted by atomic mass is 79.9. The molecular formula is C15H23BrClN. The molecular weight excluding hydrogens is 310 g/mol. The predicted molar refractivity (Wildman–Crippen MR) is 84.2 cm³/mol. The fourth-order valence-corrected chi connectivity index (χ4v) is 2.46. The summed E-state index contributed by atoms with van der Waals surface area (Å²) in [6.07, 6.45) is 8.09. The van der Waals surface area contributed by atoms with Crippen molar-refractivity contribution in [2.24, 2.45) is 0 Å². The number of nitrogens with one attached hydrogen (secondary N) is 1. The van der Waals surface area contributed by atoms with Crippen molar-refractivity contribution in [3.05, 3.63) is 33.3 Å². The molecule has 1 rings (SSSR count). The van der Waals surface area contributed by atoms with Crippen LogP contribution in [0.1, 0.15) is 51.0 Å². The molecule has 0 fully saturated rings. The maximum absolute atomic E-state index is 5.96. The van der Waals surface area contributed by atoms with Gasteiger partial charge in [0.15, 0.2) is 0 Å². The molecule has 0 spiro atoms. The average molecular weight is 333 g/mol. The monoisotopic (exact) mass is 331 g/mol. The second-order valence-electron chi connectivity index (χ2n) is 4.69. The quantitative estimate of drug-likeness (QED) is 0.584. The zero-order valence-electron chi connectivity index (χ0n) is 11.1. The first-order chi connectivity index (χ1) is 8.74. The van der Waals surface area contributed by atoms with Gasteiger partial charge < -0.3 is 5.32 Å². The third-order valence-electron chi connectivity index (χ3n) is 3.02. The van der Waals surface area contributed by atoms with E-state index in [1.165, 1.54) is 44.1 Å². The first-order valence-corrected chi connectivity index (χ1v) is 8.05. The normalized spacial score (nSPS) is 10.8. The molecule has 0 bridgehead atoms. The van der Waals surface area contributed by atoms with E-state index in [1.807, 2.05) is 6.07 Å². The molecule has 18 heavy (non-hydrogen) atoms. The van der Waals surface area contributed by atoms with Gasteiger partial charge in [-0.3, -0.25) is 0 Å². The predicted octanol–water partition coefficient (Wildman–Crippen LogP) is 5.55. The van der Waals surface area contributed by atoms with Crippen LogP contribution in [0, 0.1) is 0 Å². The van der Waals surface area contributed by atoms with E-state index in [0.29, 0.717) is 0 Å². The van der Waals surface area contributed by atoms with Crippen LogP contribution in [-0.4, -0.2) is 6.54 Å². The minimum atomic E-state index is 0.773. The number of rotatable bonds is 9. The van der Waals surface area contributed by atoms with Gasteiger partial charge >= 0.3 is 0 Å². The summed E-state index contributed by atoms with van der Waals surface area (Å²) < 4.78 is 0.975. The summed E-state index contributed by atoms with van der Waals surface area (Å²) in [6.45, 7) is 4.28. The van der Waals surface area contributed by atoms with Crippen LogP contribution in [0.3, 0.4) is 0 Å². The zero-order chi connectivity index (χ0) is 13.2. The highest BCUT2D eigenvalue weighted by molar-refractivity contribution is 9.10. The third-order valence-corrected chi connectivity index (χ3v) is 4.23. The summed E-state index contributed by atoms with van der Waals surface area (Å²) in [7, 11) is 0. The fraction of sp³-hybridized carbons (Fsp3) is 0.600. The highest BCUT2D eigenvalue weighted by Gasteiger charge is 1.98. The number of benzene rings is 1. The Morgan fingerprint density at radius 3 is 2.56 bits per heavy atom. The topological polar surface area (TPSA) is 12.0 Å². The lowest BCUT2D eigenvalue weighted by molar-refractivity contribution is 0.572. The van der Waals surface area contributed by atoms with Gasteiger partial charge in [0.25, 0.3) is 0 Å². The molecule has 102 valence electrons. The molecule has 3 heteroatoms. The van der Waals surface area contributed by atoms with Crippen LogP contribution in [-0.2, 0) is 6.54 Å². The Balaban J connectivity index is 2.05. The Hall–Kier alpha value is -0.0500. The van der Waals surface area contributed by atoms with Gasteiger partial charge in [-0.15, -0.1) is 0 Å². The van der Waals surface area contributed by atoms with Gasteiger partial charge in [0.05, 0.1) is 5.02 Å². The fourth-order valence-electron chi connectivity index (χ4n) is 1.91. The molecule has 0 atom stereocenters. The van der Waals surface area contributed by atoms with E-state index in [2.05, 4.69) is 40.3 Å². The minimum absolute atomic E-state index is 0.773. The molecule has 1 N–H and O–H groups in total. The van der Waals surface area contributed by atoms with Gasteiger partial charge in [-0.05, 0) is 46.6 Å². The van der Waals surface area contributed by atoms with Gasteiger partial charge in [-0.1, -0.05) is 56.7 Å². The third kappa shape index (κ3) is 6.77. The minimum Gasteiger partial charge on any atom is -0.313 e. The SMILES string of the molecule is CCCCCCCCNCc1ccc(Cl)c(Br)c1. The first kappa shape index (κ1) is 16.0. The van der Waals surface area contributed by atoms with Gasteiger partial charge in [-0.25, -0.2) is 0 Å². The lowest BCUT2D eigenvalue weighted by atomic mass is 10.1. The molecule has 1 aromatic carbocycles. The summed E-state index contributed by atoms with van der Waals surface area (Å²) in [4.78, 5) is 0. The Morgan fingerprint density at radius 1 is 1.11 bits per heavy atom. The van der Waals surface area contributed by atoms with E-state index in [1.54, 1.807) is 0 Å². The molecule has 1 nitrogen and oxygen atoms in total. The second kappa shape index (κ2) is 9.82. The van der Waals surface area contributed by atoms with E-state index >= 15 is 0 Å². The van der Waals surface area contributed by atoms with Crippen LogP contribution < -0.4 is 5.32 Å². The van der Waals surface area contributed by atoms with E-state index < -0.39 is 0 Å². The average Bonchev–Trinajstić information content (AvgIpc) is 2.37. The number of unbranched alkanes of at least 4 members (excludes halogenated alkanes) is 5. The van der Waals surface area contributed by atoms with E-state index in [9.17, 15) is 0 Å². The van der Waals surface area contributed by atoms with Crippen LogP contribution >= 0.6 is 27.5 Å². The van der Waals surface area contributed by atoms with E-state index in [-0.39, 0.29) is 0 Å². The van der Waals surface area contributed by atoms with Crippen LogP contribution in [0.4, 0.5) is 0 Å². The van der Waals surface area contributed by atoms with Gasteiger partial charge in [-0.2, -0.15) is 0 Å². The number of hydrogen-bond donors (Lipinski definition) is 1. The van der Waals surface area contributed by atoms with Crippen LogP contribution in [0.25, 0.3) is 0 Å². The molecule has 0 aliphatic heterocycles. The Kier molecular flexibility index (Phi) is 8.74. The molecule has 0 saturated heterocycles. The molecule has 0 radical (unpaired) electrons. The summed E-state index contributed by atoms with van der Waals surface area (Å²) in [5, 5.41) is 4.25. The van der Waals surface area contributed by atoms with Gasteiger partial charge in [0.2, 0.25) is 0 Å². The van der Waals surface area contributed by atoms with E-state index in [4.69, 9.17) is 11.6 Å². The molecule has 0 unspecified atom stereocenters. The summed E-state index contributed by atoms with van der Waals surface area (Å²) >= 11 is 9.40. The Labute approximate surface area is 124 Å². The Morgan fingerprint density at radius 2 is 1.83 bits per heavy atom. The molecule has 1 aromatic rings.